The first-order valence-corrected chi connectivity index (χ1v) is 9.89. The van der Waals surface area contributed by atoms with Crippen LogP contribution < -0.4 is 10.6 Å². The fourth-order valence-corrected chi connectivity index (χ4v) is 4.10. The summed E-state index contributed by atoms with van der Waals surface area (Å²) < 4.78 is 0. The Bertz CT molecular complexity index is 637. The molecule has 150 valence electrons. The number of fused-ring (bicyclic) bond motifs is 1. The largest absolute Gasteiger partial charge is 0.341 e. The lowest BCUT2D eigenvalue weighted by Crippen LogP contribution is -2.51. The van der Waals surface area contributed by atoms with Crippen LogP contribution in [0, 0.1) is 17.8 Å². The maximum Gasteiger partial charge on any atom is 0.251 e. The highest BCUT2D eigenvalue weighted by Crippen LogP contribution is 2.27. The summed E-state index contributed by atoms with van der Waals surface area (Å²) in [6.45, 7) is 7.63. The number of likely N-dealkylation sites (tertiary alicyclic amines) is 1. The Labute approximate surface area is 172 Å². The van der Waals surface area contributed by atoms with Gasteiger partial charge in [-0.15, -0.1) is 12.4 Å². The first kappa shape index (κ1) is 22.0. The molecule has 2 saturated heterocycles. The maximum absolute atomic E-state index is 13.1. The molecule has 0 aromatic heterocycles. The molecule has 0 saturated carbocycles. The molecule has 0 radical (unpaired) electrons. The van der Waals surface area contributed by atoms with Gasteiger partial charge in [0, 0.05) is 23.7 Å². The van der Waals surface area contributed by atoms with Crippen molar-refractivity contribution in [1.82, 2.24) is 15.5 Å². The third-order valence-electron chi connectivity index (χ3n) is 5.66. The van der Waals surface area contributed by atoms with E-state index in [2.05, 4.69) is 10.6 Å². The van der Waals surface area contributed by atoms with E-state index >= 15 is 0 Å². The Morgan fingerprint density at radius 1 is 1.11 bits per heavy atom. The number of hydrogen-bond donors (Lipinski definition) is 2. The second-order valence-electron chi connectivity index (χ2n) is 7.78. The van der Waals surface area contributed by atoms with Crippen molar-refractivity contribution in [3.63, 3.8) is 0 Å². The highest BCUT2D eigenvalue weighted by Gasteiger charge is 2.34. The van der Waals surface area contributed by atoms with Crippen LogP contribution in [0.25, 0.3) is 0 Å². The van der Waals surface area contributed by atoms with E-state index in [0.29, 0.717) is 22.4 Å². The van der Waals surface area contributed by atoms with Crippen LogP contribution in [0.5, 0.6) is 0 Å². The fraction of sp³-hybridized carbons (Fsp3) is 0.600. The van der Waals surface area contributed by atoms with E-state index in [0.717, 1.165) is 39.0 Å². The molecule has 2 aliphatic rings. The predicted octanol–water partition coefficient (Wildman–Crippen LogP) is 2.97. The Morgan fingerprint density at radius 2 is 1.67 bits per heavy atom. The summed E-state index contributed by atoms with van der Waals surface area (Å²) >= 11 is 5.88. The minimum Gasteiger partial charge on any atom is -0.341 e. The lowest BCUT2D eigenvalue weighted by molar-refractivity contribution is -0.134. The average molecular weight is 414 g/mol. The number of benzene rings is 1. The van der Waals surface area contributed by atoms with Crippen molar-refractivity contribution in [3.8, 4) is 0 Å². The molecule has 1 aromatic carbocycles. The third-order valence-corrected chi connectivity index (χ3v) is 5.91. The molecule has 3 rings (SSSR count). The molecular formula is C20H29Cl2N3O2. The highest BCUT2D eigenvalue weighted by molar-refractivity contribution is 6.30. The van der Waals surface area contributed by atoms with Gasteiger partial charge in [-0.2, -0.15) is 0 Å². The molecule has 2 N–H and O–H groups in total. The van der Waals surface area contributed by atoms with E-state index in [-0.39, 0.29) is 30.1 Å². The topological polar surface area (TPSA) is 61.4 Å². The molecule has 2 amide bonds. The van der Waals surface area contributed by atoms with E-state index in [9.17, 15) is 9.59 Å². The normalized spacial score (nSPS) is 23.2. The van der Waals surface area contributed by atoms with Crippen LogP contribution in [-0.2, 0) is 4.79 Å². The molecule has 27 heavy (non-hydrogen) atoms. The van der Waals surface area contributed by atoms with Gasteiger partial charge in [-0.1, -0.05) is 25.4 Å². The zero-order valence-corrected chi connectivity index (χ0v) is 17.5. The summed E-state index contributed by atoms with van der Waals surface area (Å²) in [6.07, 6.45) is 2.08. The average Bonchev–Trinajstić information content (AvgIpc) is 2.97. The molecule has 0 spiro atoms. The number of rotatable bonds is 4. The maximum atomic E-state index is 13.1. The zero-order valence-electron chi connectivity index (χ0n) is 15.9. The van der Waals surface area contributed by atoms with E-state index in [1.165, 1.54) is 0 Å². The van der Waals surface area contributed by atoms with Crippen LogP contribution in [-0.4, -0.2) is 48.9 Å². The van der Waals surface area contributed by atoms with Gasteiger partial charge in [-0.25, -0.2) is 0 Å². The molecule has 0 aliphatic carbocycles. The molecule has 5 nitrogen and oxygen atoms in total. The van der Waals surface area contributed by atoms with Crippen molar-refractivity contribution in [2.75, 3.05) is 26.2 Å². The van der Waals surface area contributed by atoms with E-state index in [1.807, 2.05) is 18.7 Å². The fourth-order valence-electron chi connectivity index (χ4n) is 3.97. The standard InChI is InChI=1S/C20H28ClN3O2.ClH/c1-13(2)18(23-19(25)14-3-5-17(21)6-4-14)20(26)24-9-7-15-11-22-12-16(15)8-10-24;/h3-6,13,15-16,18,22H,7-12H2,1-2H3,(H,23,25);1H/t15-,16+,18?;. The number of amides is 2. The zero-order chi connectivity index (χ0) is 18.7. The van der Waals surface area contributed by atoms with Crippen LogP contribution in [0.3, 0.4) is 0 Å². The van der Waals surface area contributed by atoms with Crippen LogP contribution in [0.15, 0.2) is 24.3 Å². The van der Waals surface area contributed by atoms with Gasteiger partial charge in [0.1, 0.15) is 6.04 Å². The van der Waals surface area contributed by atoms with Crippen molar-refractivity contribution in [2.24, 2.45) is 17.8 Å². The number of carbonyl (C=O) groups excluding carboxylic acids is 2. The molecule has 2 heterocycles. The van der Waals surface area contributed by atoms with Crippen LogP contribution in [0.1, 0.15) is 37.0 Å². The Hall–Kier alpha value is -1.30. The van der Waals surface area contributed by atoms with E-state index < -0.39 is 6.04 Å². The summed E-state index contributed by atoms with van der Waals surface area (Å²) in [5, 5.41) is 6.98. The molecule has 7 heteroatoms. The van der Waals surface area contributed by atoms with Crippen LogP contribution in [0.4, 0.5) is 0 Å². The molecule has 3 atom stereocenters. The van der Waals surface area contributed by atoms with E-state index in [4.69, 9.17) is 11.6 Å². The van der Waals surface area contributed by atoms with Gasteiger partial charge in [-0.3, -0.25) is 9.59 Å². The molecule has 2 fully saturated rings. The van der Waals surface area contributed by atoms with Gasteiger partial charge in [0.2, 0.25) is 5.91 Å². The predicted molar refractivity (Wildman–Crippen MR) is 110 cm³/mol. The van der Waals surface area contributed by atoms with Crippen molar-refractivity contribution in [2.45, 2.75) is 32.7 Å². The summed E-state index contributed by atoms with van der Waals surface area (Å²) in [5.41, 5.74) is 0.518. The lowest BCUT2D eigenvalue weighted by atomic mass is 9.92. The van der Waals surface area contributed by atoms with Crippen molar-refractivity contribution in [1.29, 1.82) is 0 Å². The Kier molecular flexibility index (Phi) is 7.95. The Balaban J connectivity index is 0.00000261. The summed E-state index contributed by atoms with van der Waals surface area (Å²) in [6, 6.07) is 6.22. The lowest BCUT2D eigenvalue weighted by Gasteiger charge is -2.29. The number of halogens is 2. The van der Waals surface area contributed by atoms with Gasteiger partial charge < -0.3 is 15.5 Å². The number of carbonyl (C=O) groups is 2. The minimum atomic E-state index is -0.505. The van der Waals surface area contributed by atoms with Crippen LogP contribution in [0.2, 0.25) is 5.02 Å². The molecule has 1 unspecified atom stereocenters. The number of nitrogens with one attached hydrogen (secondary N) is 2. The second kappa shape index (κ2) is 9.76. The monoisotopic (exact) mass is 413 g/mol. The molecular weight excluding hydrogens is 385 g/mol. The highest BCUT2D eigenvalue weighted by atomic mass is 35.5. The third kappa shape index (κ3) is 5.37. The second-order valence-corrected chi connectivity index (χ2v) is 8.22. The first-order chi connectivity index (χ1) is 12.5. The SMILES string of the molecule is CC(C)C(NC(=O)c1ccc(Cl)cc1)C(=O)N1CC[C@@H]2CNC[C@@H]2CC1.Cl. The number of hydrogen-bond acceptors (Lipinski definition) is 3. The van der Waals surface area contributed by atoms with Gasteiger partial charge in [-0.05, 0) is 68.0 Å². The quantitative estimate of drug-likeness (QED) is 0.797. The molecule has 0 bridgehead atoms. The van der Waals surface area contributed by atoms with Gasteiger partial charge >= 0.3 is 0 Å². The first-order valence-electron chi connectivity index (χ1n) is 9.51. The van der Waals surface area contributed by atoms with Gasteiger partial charge in [0.15, 0.2) is 0 Å². The van der Waals surface area contributed by atoms with Crippen molar-refractivity contribution < 1.29 is 9.59 Å². The van der Waals surface area contributed by atoms with Gasteiger partial charge in [0.25, 0.3) is 5.91 Å². The smallest absolute Gasteiger partial charge is 0.251 e. The minimum absolute atomic E-state index is 0. The van der Waals surface area contributed by atoms with E-state index in [1.54, 1.807) is 24.3 Å². The van der Waals surface area contributed by atoms with Crippen molar-refractivity contribution >= 4 is 35.8 Å². The van der Waals surface area contributed by atoms with Gasteiger partial charge in [0.05, 0.1) is 0 Å². The van der Waals surface area contributed by atoms with Crippen molar-refractivity contribution in [3.05, 3.63) is 34.9 Å². The molecule has 1 aromatic rings. The Morgan fingerprint density at radius 3 is 2.19 bits per heavy atom. The van der Waals surface area contributed by atoms with Crippen LogP contribution >= 0.6 is 24.0 Å². The summed E-state index contributed by atoms with van der Waals surface area (Å²) in [5.74, 6) is 1.19. The molecule has 2 aliphatic heterocycles. The summed E-state index contributed by atoms with van der Waals surface area (Å²) in [4.78, 5) is 27.6. The number of nitrogens with zero attached hydrogens (tertiary/aromatic N) is 1. The summed E-state index contributed by atoms with van der Waals surface area (Å²) in [7, 11) is 0.